The number of hydrogen-bond donors (Lipinski definition) is 1. The number of nitrogens with two attached hydrogens (primary N) is 1. The third kappa shape index (κ3) is 2.35. The Morgan fingerprint density at radius 1 is 1.25 bits per heavy atom. The van der Waals surface area contributed by atoms with Gasteiger partial charge in [0.25, 0.3) is 0 Å². The lowest BCUT2D eigenvalue weighted by Crippen LogP contribution is -1.97. The third-order valence-corrected chi connectivity index (χ3v) is 2.21. The lowest BCUT2D eigenvalue weighted by Gasteiger charge is -2.06. The van der Waals surface area contributed by atoms with E-state index in [2.05, 4.69) is 9.97 Å². The van der Waals surface area contributed by atoms with Crippen LogP contribution in [-0.4, -0.2) is 9.97 Å². The summed E-state index contributed by atoms with van der Waals surface area (Å²) in [6.45, 7) is 2.38. The van der Waals surface area contributed by atoms with E-state index in [-0.39, 0.29) is 0 Å². The molecule has 2 N–H and O–H groups in total. The average molecular weight is 215 g/mol. The third-order valence-electron chi connectivity index (χ3n) is 2.21. The van der Waals surface area contributed by atoms with Crippen molar-refractivity contribution in [3.05, 3.63) is 47.9 Å². The SMILES string of the molecule is Cc1ncccc1Oc1ccc(CN)cn1. The minimum Gasteiger partial charge on any atom is -0.437 e. The Labute approximate surface area is 94.1 Å². The molecule has 2 aromatic heterocycles. The van der Waals surface area contributed by atoms with Crippen LogP contribution in [-0.2, 0) is 6.54 Å². The highest BCUT2D eigenvalue weighted by Crippen LogP contribution is 2.21. The summed E-state index contributed by atoms with van der Waals surface area (Å²) in [7, 11) is 0. The first-order valence-electron chi connectivity index (χ1n) is 5.04. The zero-order valence-corrected chi connectivity index (χ0v) is 9.05. The molecule has 0 fully saturated rings. The van der Waals surface area contributed by atoms with E-state index in [0.717, 1.165) is 17.0 Å². The number of nitrogens with zero attached hydrogens (tertiary/aromatic N) is 2. The summed E-state index contributed by atoms with van der Waals surface area (Å²) in [5, 5.41) is 0. The fourth-order valence-corrected chi connectivity index (χ4v) is 1.28. The van der Waals surface area contributed by atoms with E-state index in [9.17, 15) is 0 Å². The first-order valence-corrected chi connectivity index (χ1v) is 5.04. The van der Waals surface area contributed by atoms with Crippen LogP contribution in [0.25, 0.3) is 0 Å². The predicted molar refractivity (Wildman–Crippen MR) is 61.2 cm³/mol. The molecule has 4 heteroatoms. The van der Waals surface area contributed by atoms with Crippen LogP contribution in [0, 0.1) is 6.92 Å². The molecule has 0 radical (unpaired) electrons. The highest BCUT2D eigenvalue weighted by Gasteiger charge is 2.02. The van der Waals surface area contributed by atoms with Gasteiger partial charge in [-0.05, 0) is 24.6 Å². The van der Waals surface area contributed by atoms with Crippen molar-refractivity contribution in [2.45, 2.75) is 13.5 Å². The Morgan fingerprint density at radius 3 is 2.75 bits per heavy atom. The molecule has 16 heavy (non-hydrogen) atoms. The second-order valence-electron chi connectivity index (χ2n) is 3.40. The average Bonchev–Trinajstić information content (AvgIpc) is 2.33. The maximum absolute atomic E-state index is 5.59. The van der Waals surface area contributed by atoms with Crippen LogP contribution in [0.5, 0.6) is 11.6 Å². The van der Waals surface area contributed by atoms with E-state index in [1.54, 1.807) is 18.5 Å². The molecule has 0 aliphatic carbocycles. The lowest BCUT2D eigenvalue weighted by molar-refractivity contribution is 0.456. The van der Waals surface area contributed by atoms with Gasteiger partial charge in [-0.3, -0.25) is 4.98 Å². The van der Waals surface area contributed by atoms with Gasteiger partial charge >= 0.3 is 0 Å². The van der Waals surface area contributed by atoms with Gasteiger partial charge in [-0.2, -0.15) is 0 Å². The molecule has 82 valence electrons. The topological polar surface area (TPSA) is 61.0 Å². The summed E-state index contributed by atoms with van der Waals surface area (Å²) >= 11 is 0. The van der Waals surface area contributed by atoms with Crippen molar-refractivity contribution in [1.82, 2.24) is 9.97 Å². The van der Waals surface area contributed by atoms with Crippen molar-refractivity contribution >= 4 is 0 Å². The van der Waals surface area contributed by atoms with Gasteiger partial charge in [0.15, 0.2) is 5.75 Å². The van der Waals surface area contributed by atoms with Crippen LogP contribution in [0.4, 0.5) is 0 Å². The molecule has 0 amide bonds. The van der Waals surface area contributed by atoms with Gasteiger partial charge < -0.3 is 10.5 Å². The summed E-state index contributed by atoms with van der Waals surface area (Å²) in [6, 6.07) is 7.39. The first-order chi connectivity index (χ1) is 7.79. The van der Waals surface area contributed by atoms with Crippen molar-refractivity contribution in [1.29, 1.82) is 0 Å². The molecule has 2 aromatic rings. The Bertz CT molecular complexity index is 468. The maximum Gasteiger partial charge on any atom is 0.219 e. The molecule has 0 bridgehead atoms. The second-order valence-corrected chi connectivity index (χ2v) is 3.40. The van der Waals surface area contributed by atoms with Gasteiger partial charge in [0.1, 0.15) is 0 Å². The van der Waals surface area contributed by atoms with E-state index in [4.69, 9.17) is 10.5 Å². The quantitative estimate of drug-likeness (QED) is 0.851. The fraction of sp³-hybridized carbons (Fsp3) is 0.167. The summed E-state index contributed by atoms with van der Waals surface area (Å²) in [4.78, 5) is 8.29. The van der Waals surface area contributed by atoms with Gasteiger partial charge in [0.2, 0.25) is 5.88 Å². The van der Waals surface area contributed by atoms with Gasteiger partial charge in [-0.15, -0.1) is 0 Å². The molecular formula is C12H13N3O. The summed E-state index contributed by atoms with van der Waals surface area (Å²) < 4.78 is 5.59. The Kier molecular flexibility index (Phi) is 3.12. The van der Waals surface area contributed by atoms with Crippen molar-refractivity contribution in [3.8, 4) is 11.6 Å². The molecule has 0 aliphatic rings. The van der Waals surface area contributed by atoms with Crippen molar-refractivity contribution in [2.75, 3.05) is 0 Å². The molecule has 4 nitrogen and oxygen atoms in total. The summed E-state index contributed by atoms with van der Waals surface area (Å²) in [5.74, 6) is 1.27. The van der Waals surface area contributed by atoms with E-state index in [1.165, 1.54) is 0 Å². The minimum atomic E-state index is 0.485. The minimum absolute atomic E-state index is 0.485. The predicted octanol–water partition coefficient (Wildman–Crippen LogP) is 2.04. The molecule has 2 rings (SSSR count). The van der Waals surface area contributed by atoms with Crippen LogP contribution < -0.4 is 10.5 Å². The molecule has 0 aliphatic heterocycles. The number of aromatic nitrogens is 2. The summed E-state index contributed by atoms with van der Waals surface area (Å²) in [5.41, 5.74) is 7.31. The van der Waals surface area contributed by atoms with Gasteiger partial charge in [-0.1, -0.05) is 6.07 Å². The largest absolute Gasteiger partial charge is 0.437 e. The molecule has 0 saturated carbocycles. The Hall–Kier alpha value is -1.94. The summed E-state index contributed by atoms with van der Waals surface area (Å²) in [6.07, 6.45) is 3.44. The highest BCUT2D eigenvalue weighted by atomic mass is 16.5. The standard InChI is InChI=1S/C12H13N3O/c1-9-11(3-2-6-14-9)16-12-5-4-10(7-13)8-15-12/h2-6,8H,7,13H2,1H3. The van der Waals surface area contributed by atoms with Crippen LogP contribution in [0.15, 0.2) is 36.7 Å². The van der Waals surface area contributed by atoms with Gasteiger partial charge in [-0.25, -0.2) is 4.98 Å². The van der Waals surface area contributed by atoms with Crippen molar-refractivity contribution < 1.29 is 4.74 Å². The second kappa shape index (κ2) is 4.72. The Morgan fingerprint density at radius 2 is 2.12 bits per heavy atom. The molecular weight excluding hydrogens is 202 g/mol. The zero-order valence-electron chi connectivity index (χ0n) is 9.05. The van der Waals surface area contributed by atoms with Crippen LogP contribution in [0.1, 0.15) is 11.3 Å². The van der Waals surface area contributed by atoms with Gasteiger partial charge in [0, 0.05) is 25.0 Å². The normalized spacial score (nSPS) is 10.1. The van der Waals surface area contributed by atoms with Crippen molar-refractivity contribution in [2.24, 2.45) is 5.73 Å². The smallest absolute Gasteiger partial charge is 0.219 e. The number of aryl methyl sites for hydroxylation is 1. The maximum atomic E-state index is 5.59. The highest BCUT2D eigenvalue weighted by molar-refractivity contribution is 5.30. The zero-order chi connectivity index (χ0) is 11.4. The van der Waals surface area contributed by atoms with E-state index in [1.807, 2.05) is 25.1 Å². The molecule has 0 unspecified atom stereocenters. The van der Waals surface area contributed by atoms with E-state index in [0.29, 0.717) is 12.4 Å². The number of hydrogen-bond acceptors (Lipinski definition) is 4. The molecule has 0 aromatic carbocycles. The van der Waals surface area contributed by atoms with Crippen LogP contribution >= 0.6 is 0 Å². The van der Waals surface area contributed by atoms with Gasteiger partial charge in [0.05, 0.1) is 5.69 Å². The Balaban J connectivity index is 2.18. The number of ether oxygens (including phenoxy) is 1. The van der Waals surface area contributed by atoms with Crippen LogP contribution in [0.3, 0.4) is 0 Å². The first kappa shape index (κ1) is 10.6. The lowest BCUT2D eigenvalue weighted by atomic mass is 10.3. The molecule has 2 heterocycles. The molecule has 0 saturated heterocycles. The number of rotatable bonds is 3. The fourth-order valence-electron chi connectivity index (χ4n) is 1.28. The van der Waals surface area contributed by atoms with Crippen LogP contribution in [0.2, 0.25) is 0 Å². The van der Waals surface area contributed by atoms with E-state index < -0.39 is 0 Å². The van der Waals surface area contributed by atoms with E-state index >= 15 is 0 Å². The molecule has 0 spiro atoms. The monoisotopic (exact) mass is 215 g/mol. The van der Waals surface area contributed by atoms with Crippen molar-refractivity contribution in [3.63, 3.8) is 0 Å². The molecule has 0 atom stereocenters. The number of pyridine rings is 2.